The molecule has 0 radical (unpaired) electrons. The van der Waals surface area contributed by atoms with Crippen molar-refractivity contribution in [3.05, 3.63) is 105 Å². The Hall–Kier alpha value is -9.52. The van der Waals surface area contributed by atoms with Gasteiger partial charge in [-0.15, -0.1) is 0 Å². The highest BCUT2D eigenvalue weighted by molar-refractivity contribution is 7.98. The van der Waals surface area contributed by atoms with Gasteiger partial charge < -0.3 is 103 Å². The molecule has 0 spiro atoms. The van der Waals surface area contributed by atoms with Crippen molar-refractivity contribution < 1.29 is 0 Å². The summed E-state index contributed by atoms with van der Waals surface area (Å²) in [5.41, 5.74) is 26.4. The number of likely N-dealkylation sites (N-methyl/N-ethyl adjacent to an activating group) is 1. The summed E-state index contributed by atoms with van der Waals surface area (Å²) in [5, 5.41) is 52.0. The van der Waals surface area contributed by atoms with Crippen LogP contribution >= 0.6 is 70.1 Å². The molecule has 6 aromatic heterocycles. The average Bonchev–Trinajstić information content (AvgIpc) is 0.953. The lowest BCUT2D eigenvalue weighted by molar-refractivity contribution is 0.808. The number of halogens is 3. The normalized spacial score (nSPS) is 11.0. The van der Waals surface area contributed by atoms with Crippen LogP contribution in [-0.4, -0.2) is 215 Å². The van der Waals surface area contributed by atoms with Crippen molar-refractivity contribution >= 4 is 159 Å². The van der Waals surface area contributed by atoms with Crippen molar-refractivity contribution in [1.29, 1.82) is 0 Å². The Morgan fingerprint density at radius 1 is 0.257 bits per heavy atom. The first-order chi connectivity index (χ1) is 49.4. The number of hydrogen-bond donors (Lipinski definition) is 19. The summed E-state index contributed by atoms with van der Waals surface area (Å²) in [4.78, 5) is 82.3. The van der Waals surface area contributed by atoms with Crippen molar-refractivity contribution in [1.82, 2.24) is 95.0 Å². The second kappa shape index (κ2) is 41.9. The van der Waals surface area contributed by atoms with E-state index in [0.29, 0.717) is 242 Å². The molecule has 0 bridgehead atoms. The van der Waals surface area contributed by atoms with E-state index in [1.165, 1.54) is 35.3 Å². The molecule has 9 rings (SSSR count). The molecule has 0 saturated carbocycles. The molecule has 0 saturated heterocycles. The van der Waals surface area contributed by atoms with Gasteiger partial charge in [0.05, 0.1) is 0 Å². The van der Waals surface area contributed by atoms with Crippen LogP contribution in [0.4, 0.5) is 89.2 Å². The van der Waals surface area contributed by atoms with E-state index < -0.39 is 0 Å². The predicted molar refractivity (Wildman–Crippen MR) is 406 cm³/mol. The number of rotatable bonds is 47. The van der Waals surface area contributed by atoms with Crippen molar-refractivity contribution in [2.24, 2.45) is 17.2 Å². The highest BCUT2D eigenvalue weighted by atomic mass is 35.5. The molecular weight excluding hydrogens is 1420 g/mol. The van der Waals surface area contributed by atoms with Gasteiger partial charge in [-0.2, -0.15) is 89.7 Å². The van der Waals surface area contributed by atoms with E-state index in [4.69, 9.17) is 77.7 Å². The number of nitrogens with two attached hydrogens (primary N) is 4. The van der Waals surface area contributed by atoms with E-state index in [0.717, 1.165) is 23.2 Å². The van der Waals surface area contributed by atoms with Gasteiger partial charge in [0.1, 0.15) is 0 Å². The molecule has 9 aromatic rings. The summed E-state index contributed by atoms with van der Waals surface area (Å²) >= 11 is 22.9. The number of nitrogens with one attached hydrogen (secondary N) is 15. The maximum atomic E-state index is 6.20. The second-order valence-corrected chi connectivity index (χ2v) is 25.1. The van der Waals surface area contributed by atoms with Gasteiger partial charge in [-0.3, -0.25) is 0 Å². The largest absolute Gasteiger partial charge is 0.368 e. The number of nitrogens with zero attached hydrogens (tertiary/aromatic N) is 18. The second-order valence-electron chi connectivity index (χ2n) is 20.9. The molecule has 0 aliphatic heterocycles. The Labute approximate surface area is 610 Å². The lowest BCUT2D eigenvalue weighted by atomic mass is 10.2. The van der Waals surface area contributed by atoms with Gasteiger partial charge in [0.2, 0.25) is 89.2 Å². The van der Waals surface area contributed by atoms with Crippen molar-refractivity contribution in [2.75, 3.05) is 205 Å². The maximum Gasteiger partial charge on any atom is 0.229 e. The van der Waals surface area contributed by atoms with Crippen molar-refractivity contribution in [2.45, 2.75) is 32.7 Å². The predicted octanol–water partition coefficient (Wildman–Crippen LogP) is 4.58. The Bertz CT molecular complexity index is 3960. The van der Waals surface area contributed by atoms with Gasteiger partial charge in [-0.25, -0.2) is 0 Å². The molecule has 37 nitrogen and oxygen atoms in total. The lowest BCUT2D eigenvalue weighted by Crippen LogP contribution is -2.22. The SMILES string of the molecule is CNCCNc1nc(NCCNc2nc(NCCN)nc(NCCNc3nc(NCCNc4nc(NCCN)nc(NCCNc5nc(NCCNc6nc(N)nc(NCCN)n6)nc(SCc6ccc(Cl)cc6)n5)n4)nc(SCc4ccc(Cl)cc4)n3)n2)nc(SCc2ccc(Cl)cc2)n1. The molecule has 0 aliphatic rings. The van der Waals surface area contributed by atoms with Gasteiger partial charge in [0, 0.05) is 150 Å². The fourth-order valence-electron chi connectivity index (χ4n) is 8.29. The summed E-state index contributed by atoms with van der Waals surface area (Å²) in [6.45, 7) is 7.71. The molecular formula is C58H80Cl3N37S3. The van der Waals surface area contributed by atoms with Crippen LogP contribution in [0, 0.1) is 0 Å². The van der Waals surface area contributed by atoms with Crippen LogP contribution in [-0.2, 0) is 17.3 Å². The smallest absolute Gasteiger partial charge is 0.229 e. The van der Waals surface area contributed by atoms with Crippen LogP contribution in [0.1, 0.15) is 16.7 Å². The van der Waals surface area contributed by atoms with E-state index >= 15 is 0 Å². The first-order valence-electron chi connectivity index (χ1n) is 31.9. The molecule has 0 atom stereocenters. The molecule has 0 fully saturated rings. The third kappa shape index (κ3) is 27.9. The number of hydrogen-bond acceptors (Lipinski definition) is 40. The summed E-state index contributed by atoms with van der Waals surface area (Å²) in [6, 6.07) is 22.9. The molecule has 0 unspecified atom stereocenters. The monoisotopic (exact) mass is 1500 g/mol. The quantitative estimate of drug-likeness (QED) is 0.0183. The zero-order chi connectivity index (χ0) is 70.6. The van der Waals surface area contributed by atoms with Gasteiger partial charge >= 0.3 is 0 Å². The number of benzene rings is 3. The molecule has 43 heteroatoms. The maximum absolute atomic E-state index is 6.20. The average molecular weight is 1500 g/mol. The molecule has 3 aromatic carbocycles. The number of nitrogen functional groups attached to an aromatic ring is 1. The van der Waals surface area contributed by atoms with Crippen LogP contribution in [0.3, 0.4) is 0 Å². The third-order valence-electron chi connectivity index (χ3n) is 13.0. The van der Waals surface area contributed by atoms with Crippen LogP contribution in [0.15, 0.2) is 88.3 Å². The molecule has 0 amide bonds. The fourth-order valence-corrected chi connectivity index (χ4v) is 11.0. The van der Waals surface area contributed by atoms with E-state index in [1.54, 1.807) is 0 Å². The minimum Gasteiger partial charge on any atom is -0.368 e. The van der Waals surface area contributed by atoms with Crippen molar-refractivity contribution in [3.63, 3.8) is 0 Å². The summed E-state index contributed by atoms with van der Waals surface area (Å²) < 4.78 is 0. The van der Waals surface area contributed by atoms with Crippen LogP contribution < -0.4 is 103 Å². The molecule has 101 heavy (non-hydrogen) atoms. The van der Waals surface area contributed by atoms with Gasteiger partial charge in [-0.05, 0) is 60.1 Å². The van der Waals surface area contributed by atoms with Crippen LogP contribution in [0.25, 0.3) is 0 Å². The Morgan fingerprint density at radius 2 is 0.436 bits per heavy atom. The lowest BCUT2D eigenvalue weighted by Gasteiger charge is -2.13. The summed E-state index contributed by atoms with van der Waals surface area (Å²) in [6.07, 6.45) is 0. The van der Waals surface area contributed by atoms with Crippen LogP contribution in [0.2, 0.25) is 15.1 Å². The fraction of sp³-hybridized carbons (Fsp3) is 0.379. The molecule has 23 N–H and O–H groups in total. The minimum atomic E-state index is 0.0671. The zero-order valence-corrected chi connectivity index (χ0v) is 59.7. The minimum absolute atomic E-state index is 0.0671. The van der Waals surface area contributed by atoms with E-state index in [9.17, 15) is 0 Å². The number of anilines is 15. The van der Waals surface area contributed by atoms with Gasteiger partial charge in [-0.1, -0.05) is 106 Å². The third-order valence-corrected chi connectivity index (χ3v) is 16.5. The molecule has 0 aliphatic carbocycles. The molecule has 536 valence electrons. The van der Waals surface area contributed by atoms with Crippen molar-refractivity contribution in [3.8, 4) is 0 Å². The van der Waals surface area contributed by atoms with Gasteiger partial charge in [0.15, 0.2) is 15.5 Å². The highest BCUT2D eigenvalue weighted by Crippen LogP contribution is 2.26. The zero-order valence-electron chi connectivity index (χ0n) is 55.0. The highest BCUT2D eigenvalue weighted by Gasteiger charge is 2.15. The van der Waals surface area contributed by atoms with E-state index in [1.807, 2.05) is 79.8 Å². The summed E-state index contributed by atoms with van der Waals surface area (Å²) in [5.74, 6) is 6.75. The van der Waals surface area contributed by atoms with E-state index in [2.05, 4.69) is 150 Å². The Morgan fingerprint density at radius 3 is 0.634 bits per heavy atom. The first-order valence-corrected chi connectivity index (χ1v) is 36.0. The first kappa shape index (κ1) is 75.7. The van der Waals surface area contributed by atoms with E-state index in [-0.39, 0.29) is 5.95 Å². The number of thioether (sulfide) groups is 3. The standard InChI is InChI=1S/C58H80Cl3N37S3/c1-66-20-21-70-50-90-51(94-56(93-50)99-32-35-2-8-38(59)9-3-35)77-28-23-72-46-84-44(68-18-15-63)85-47(88-46)74-25-30-79-54-92-55(98-58(97-54)101-34-37-6-12-40(61)13-7-37)80-31-26-75-49-87-45(69-19-16-64)86-48(89-49)73-24-29-78-53-91-52(95-57(96-53)100-33-36-4-10-39(60)11-5-36)76-27-22-71-43-82-41(65)81-42(83-43)67-17-14-62/h2-13,66H,14-34,62-64H2,1H3,(H2,70,77,90,93,94)(H2,76,78,91,95,96)(H2,79,80,92,97,98)(H4,65,67,71,81,82,83)(H3,68,72,74,84,85,88)(H3,69,73,75,86,87,89). The molecule has 6 heterocycles. The van der Waals surface area contributed by atoms with Crippen LogP contribution in [0.5, 0.6) is 0 Å². The Kier molecular flexibility index (Phi) is 31.4. The van der Waals surface area contributed by atoms with Gasteiger partial charge in [0.25, 0.3) is 0 Å². The number of aromatic nitrogens is 18. The Balaban J connectivity index is 0.781. The topological polar surface area (TPSA) is 517 Å². The summed E-state index contributed by atoms with van der Waals surface area (Å²) in [7, 11) is 1.88.